The van der Waals surface area contributed by atoms with Crippen molar-refractivity contribution in [2.24, 2.45) is 0 Å². The standard InChI is InChI=1S/C21H16FN3/c22-17-5-3-14(4-6-17)20-13-16-2-1-10-24-21(16)25(20)18-7-8-19-15(12-18)9-11-23-19/h1-8,10,12-13,23H,9,11H2. The Morgan fingerprint density at radius 3 is 2.76 bits per heavy atom. The third-order valence-corrected chi connectivity index (χ3v) is 4.76. The van der Waals surface area contributed by atoms with Crippen LogP contribution in [0.4, 0.5) is 10.1 Å². The Morgan fingerprint density at radius 1 is 1.00 bits per heavy atom. The van der Waals surface area contributed by atoms with Crippen LogP contribution in [0.5, 0.6) is 0 Å². The molecule has 5 rings (SSSR count). The minimum absolute atomic E-state index is 0.229. The number of rotatable bonds is 2. The summed E-state index contributed by atoms with van der Waals surface area (Å²) in [6.07, 6.45) is 2.84. The lowest BCUT2D eigenvalue weighted by molar-refractivity contribution is 0.628. The molecule has 3 nitrogen and oxygen atoms in total. The van der Waals surface area contributed by atoms with Gasteiger partial charge in [-0.2, -0.15) is 0 Å². The van der Waals surface area contributed by atoms with Gasteiger partial charge in [-0.15, -0.1) is 0 Å². The number of benzene rings is 2. The molecule has 4 aromatic rings. The first-order chi connectivity index (χ1) is 12.3. The van der Waals surface area contributed by atoms with Gasteiger partial charge >= 0.3 is 0 Å². The monoisotopic (exact) mass is 329 g/mol. The van der Waals surface area contributed by atoms with Crippen LogP contribution in [0.3, 0.4) is 0 Å². The van der Waals surface area contributed by atoms with Crippen molar-refractivity contribution in [2.45, 2.75) is 6.42 Å². The molecule has 0 radical (unpaired) electrons. The van der Waals surface area contributed by atoms with E-state index in [1.54, 1.807) is 0 Å². The highest BCUT2D eigenvalue weighted by Crippen LogP contribution is 2.33. The fraction of sp³-hybridized carbons (Fsp3) is 0.0952. The molecule has 122 valence electrons. The maximum absolute atomic E-state index is 13.4. The molecule has 2 aromatic carbocycles. The van der Waals surface area contributed by atoms with Gasteiger partial charge in [0.2, 0.25) is 0 Å². The summed E-state index contributed by atoms with van der Waals surface area (Å²) in [5.74, 6) is -0.229. The van der Waals surface area contributed by atoms with Crippen LogP contribution in [0.2, 0.25) is 0 Å². The molecule has 3 heterocycles. The second-order valence-corrected chi connectivity index (χ2v) is 6.31. The fourth-order valence-corrected chi connectivity index (χ4v) is 3.56. The van der Waals surface area contributed by atoms with E-state index >= 15 is 0 Å². The Labute approximate surface area is 144 Å². The summed E-state index contributed by atoms with van der Waals surface area (Å²) in [7, 11) is 0. The highest BCUT2D eigenvalue weighted by molar-refractivity contribution is 5.86. The van der Waals surface area contributed by atoms with Gasteiger partial charge in [0, 0.05) is 29.5 Å². The lowest BCUT2D eigenvalue weighted by Crippen LogP contribution is -1.99. The number of anilines is 1. The van der Waals surface area contributed by atoms with Gasteiger partial charge in [-0.05, 0) is 78.2 Å². The van der Waals surface area contributed by atoms with Gasteiger partial charge < -0.3 is 5.32 Å². The van der Waals surface area contributed by atoms with Crippen molar-refractivity contribution >= 4 is 16.7 Å². The predicted octanol–water partition coefficient (Wildman–Crippen LogP) is 4.80. The van der Waals surface area contributed by atoms with Crippen LogP contribution >= 0.6 is 0 Å². The largest absolute Gasteiger partial charge is 0.384 e. The third kappa shape index (κ3) is 2.30. The molecule has 4 heteroatoms. The molecule has 0 aliphatic carbocycles. The molecule has 0 bridgehead atoms. The molecular formula is C21H16FN3. The van der Waals surface area contributed by atoms with E-state index in [9.17, 15) is 4.39 Å². The number of hydrogen-bond acceptors (Lipinski definition) is 2. The quantitative estimate of drug-likeness (QED) is 0.572. The van der Waals surface area contributed by atoms with Crippen LogP contribution < -0.4 is 5.32 Å². The van der Waals surface area contributed by atoms with Crippen molar-refractivity contribution in [3.63, 3.8) is 0 Å². The fourth-order valence-electron chi connectivity index (χ4n) is 3.56. The first kappa shape index (κ1) is 14.2. The zero-order chi connectivity index (χ0) is 16.8. The third-order valence-electron chi connectivity index (χ3n) is 4.76. The van der Waals surface area contributed by atoms with Crippen LogP contribution in [-0.2, 0) is 6.42 Å². The molecule has 1 aliphatic rings. The summed E-state index contributed by atoms with van der Waals surface area (Å²) >= 11 is 0. The van der Waals surface area contributed by atoms with Gasteiger partial charge in [-0.1, -0.05) is 0 Å². The number of hydrogen-bond donors (Lipinski definition) is 1. The van der Waals surface area contributed by atoms with Gasteiger partial charge in [0.05, 0.1) is 5.69 Å². The normalized spacial score (nSPS) is 13.0. The van der Waals surface area contributed by atoms with E-state index in [1.807, 2.05) is 24.4 Å². The molecule has 0 unspecified atom stereocenters. The molecule has 0 saturated carbocycles. The summed E-state index contributed by atoms with van der Waals surface area (Å²) in [5, 5.41) is 4.47. The van der Waals surface area contributed by atoms with Crippen molar-refractivity contribution in [1.82, 2.24) is 9.55 Å². The lowest BCUT2D eigenvalue weighted by Gasteiger charge is -2.12. The molecule has 2 aromatic heterocycles. The zero-order valence-corrected chi connectivity index (χ0v) is 13.5. The number of halogens is 1. The van der Waals surface area contributed by atoms with Crippen molar-refractivity contribution < 1.29 is 4.39 Å². The molecule has 1 aliphatic heterocycles. The summed E-state index contributed by atoms with van der Waals surface area (Å²) in [4.78, 5) is 4.59. The van der Waals surface area contributed by atoms with E-state index in [4.69, 9.17) is 0 Å². The molecule has 0 atom stereocenters. The summed E-state index contributed by atoms with van der Waals surface area (Å²) in [5.41, 5.74) is 6.50. The molecule has 0 amide bonds. The van der Waals surface area contributed by atoms with Gasteiger partial charge in [0.15, 0.2) is 0 Å². The first-order valence-corrected chi connectivity index (χ1v) is 8.39. The number of aromatic nitrogens is 2. The van der Waals surface area contributed by atoms with Crippen molar-refractivity contribution in [3.05, 3.63) is 78.2 Å². The van der Waals surface area contributed by atoms with Gasteiger partial charge in [-0.3, -0.25) is 4.57 Å². The van der Waals surface area contributed by atoms with Crippen molar-refractivity contribution in [1.29, 1.82) is 0 Å². The second-order valence-electron chi connectivity index (χ2n) is 6.31. The number of nitrogens with zero attached hydrogens (tertiary/aromatic N) is 2. The maximum Gasteiger partial charge on any atom is 0.144 e. The summed E-state index contributed by atoms with van der Waals surface area (Å²) < 4.78 is 15.5. The summed E-state index contributed by atoms with van der Waals surface area (Å²) in [6, 6.07) is 19.2. The Balaban J connectivity index is 1.78. The Hall–Kier alpha value is -3.14. The Kier molecular flexibility index (Phi) is 3.10. The van der Waals surface area contributed by atoms with Crippen LogP contribution in [0.15, 0.2) is 66.9 Å². The minimum Gasteiger partial charge on any atom is -0.384 e. The Bertz CT molecular complexity index is 1080. The topological polar surface area (TPSA) is 29.9 Å². The second kappa shape index (κ2) is 5.45. The first-order valence-electron chi connectivity index (χ1n) is 8.39. The number of pyridine rings is 1. The van der Waals surface area contributed by atoms with E-state index in [0.29, 0.717) is 0 Å². The number of nitrogens with one attached hydrogen (secondary N) is 1. The average molecular weight is 329 g/mol. The smallest absolute Gasteiger partial charge is 0.144 e. The van der Waals surface area contributed by atoms with E-state index in [0.717, 1.165) is 40.9 Å². The number of fused-ring (bicyclic) bond motifs is 2. The van der Waals surface area contributed by atoms with Gasteiger partial charge in [-0.25, -0.2) is 9.37 Å². The minimum atomic E-state index is -0.229. The van der Waals surface area contributed by atoms with E-state index in [1.165, 1.54) is 23.4 Å². The lowest BCUT2D eigenvalue weighted by atomic mass is 10.1. The van der Waals surface area contributed by atoms with Crippen LogP contribution in [-0.4, -0.2) is 16.1 Å². The summed E-state index contributed by atoms with van der Waals surface area (Å²) in [6.45, 7) is 0.980. The molecule has 1 N–H and O–H groups in total. The van der Waals surface area contributed by atoms with E-state index < -0.39 is 0 Å². The molecule has 0 fully saturated rings. The SMILES string of the molecule is Fc1ccc(-c2cc3cccnc3n2-c2ccc3c(c2)CCN3)cc1. The predicted molar refractivity (Wildman–Crippen MR) is 98.7 cm³/mol. The van der Waals surface area contributed by atoms with E-state index in [-0.39, 0.29) is 5.82 Å². The highest BCUT2D eigenvalue weighted by Gasteiger charge is 2.16. The highest BCUT2D eigenvalue weighted by atomic mass is 19.1. The van der Waals surface area contributed by atoms with Crippen molar-refractivity contribution in [2.75, 3.05) is 11.9 Å². The molecular weight excluding hydrogens is 313 g/mol. The van der Waals surface area contributed by atoms with E-state index in [2.05, 4.69) is 45.2 Å². The van der Waals surface area contributed by atoms with Gasteiger partial charge in [0.25, 0.3) is 0 Å². The van der Waals surface area contributed by atoms with Crippen molar-refractivity contribution in [3.8, 4) is 16.9 Å². The molecule has 0 saturated heterocycles. The maximum atomic E-state index is 13.4. The van der Waals surface area contributed by atoms with Gasteiger partial charge in [0.1, 0.15) is 11.5 Å². The van der Waals surface area contributed by atoms with Crippen LogP contribution in [0, 0.1) is 5.82 Å². The molecule has 25 heavy (non-hydrogen) atoms. The van der Waals surface area contributed by atoms with Crippen LogP contribution in [0.1, 0.15) is 5.56 Å². The zero-order valence-electron chi connectivity index (χ0n) is 13.5. The average Bonchev–Trinajstić information content (AvgIpc) is 3.26. The molecule has 0 spiro atoms. The Morgan fingerprint density at radius 2 is 1.88 bits per heavy atom. The van der Waals surface area contributed by atoms with Crippen LogP contribution in [0.25, 0.3) is 28.0 Å².